The molecule has 0 aromatic carbocycles. The van der Waals surface area contributed by atoms with Gasteiger partial charge in [0.05, 0.1) is 13.2 Å². The van der Waals surface area contributed by atoms with Crippen LogP contribution in [0, 0.1) is 0 Å². The summed E-state index contributed by atoms with van der Waals surface area (Å²) in [4.78, 5) is 2.01. The molecule has 2 heteroatoms. The maximum Gasteiger partial charge on any atom is 0.109 e. The SMILES string of the molecule is C=CN(C=C[NH2+]C)CC. The van der Waals surface area contributed by atoms with Crippen LogP contribution in [0.5, 0.6) is 0 Å². The number of hydrogen-bond acceptors (Lipinski definition) is 1. The van der Waals surface area contributed by atoms with Crippen LogP contribution < -0.4 is 5.32 Å². The zero-order valence-corrected chi connectivity index (χ0v) is 6.17. The van der Waals surface area contributed by atoms with Crippen molar-refractivity contribution in [2.75, 3.05) is 13.6 Å². The Kier molecular flexibility index (Phi) is 4.92. The van der Waals surface area contributed by atoms with E-state index in [2.05, 4.69) is 13.5 Å². The highest BCUT2D eigenvalue weighted by Gasteiger charge is 1.83. The quantitative estimate of drug-likeness (QED) is 0.568. The fourth-order valence-corrected chi connectivity index (χ4v) is 0.492. The highest BCUT2D eigenvalue weighted by molar-refractivity contribution is 4.80. The van der Waals surface area contributed by atoms with Gasteiger partial charge < -0.3 is 10.2 Å². The molecule has 0 heterocycles. The van der Waals surface area contributed by atoms with Crippen LogP contribution in [0.25, 0.3) is 0 Å². The van der Waals surface area contributed by atoms with Crippen molar-refractivity contribution in [1.29, 1.82) is 0 Å². The van der Waals surface area contributed by atoms with Gasteiger partial charge in [0.15, 0.2) is 0 Å². The summed E-state index contributed by atoms with van der Waals surface area (Å²) in [5.74, 6) is 0. The summed E-state index contributed by atoms with van der Waals surface area (Å²) in [5.41, 5.74) is 0. The molecule has 0 aliphatic heterocycles. The maximum atomic E-state index is 3.65. The first-order chi connectivity index (χ1) is 4.35. The maximum absolute atomic E-state index is 3.65. The molecule has 52 valence electrons. The number of nitrogens with zero attached hydrogens (tertiary/aromatic N) is 1. The van der Waals surface area contributed by atoms with Crippen molar-refractivity contribution in [2.24, 2.45) is 0 Å². The summed E-state index contributed by atoms with van der Waals surface area (Å²) in [6, 6.07) is 0. The Morgan fingerprint density at radius 3 is 2.67 bits per heavy atom. The fourth-order valence-electron chi connectivity index (χ4n) is 0.492. The van der Waals surface area contributed by atoms with Crippen LogP contribution in [-0.2, 0) is 0 Å². The van der Waals surface area contributed by atoms with Gasteiger partial charge in [-0.1, -0.05) is 6.58 Å². The van der Waals surface area contributed by atoms with Gasteiger partial charge in [-0.05, 0) is 13.1 Å². The van der Waals surface area contributed by atoms with Crippen molar-refractivity contribution in [2.45, 2.75) is 6.92 Å². The molecule has 2 N–H and O–H groups in total. The van der Waals surface area contributed by atoms with Gasteiger partial charge in [0.2, 0.25) is 0 Å². The predicted octanol–water partition coefficient (Wildman–Crippen LogP) is 0.116. The van der Waals surface area contributed by atoms with Gasteiger partial charge in [-0.2, -0.15) is 0 Å². The average Bonchev–Trinajstić information content (AvgIpc) is 1.91. The van der Waals surface area contributed by atoms with Gasteiger partial charge in [-0.15, -0.1) is 0 Å². The molecule has 0 fully saturated rings. The summed E-state index contributed by atoms with van der Waals surface area (Å²) in [7, 11) is 1.99. The minimum atomic E-state index is 0.980. The van der Waals surface area contributed by atoms with Crippen LogP contribution in [0.15, 0.2) is 25.2 Å². The van der Waals surface area contributed by atoms with Crippen molar-refractivity contribution in [3.05, 3.63) is 25.2 Å². The molecule has 0 atom stereocenters. The van der Waals surface area contributed by atoms with Crippen molar-refractivity contribution >= 4 is 0 Å². The van der Waals surface area contributed by atoms with Crippen LogP contribution in [0.1, 0.15) is 6.92 Å². The molecule has 0 bridgehead atoms. The Hall–Kier alpha value is -0.760. The molecule has 0 spiro atoms. The lowest BCUT2D eigenvalue weighted by Gasteiger charge is -2.08. The lowest BCUT2D eigenvalue weighted by molar-refractivity contribution is -0.557. The van der Waals surface area contributed by atoms with Crippen LogP contribution in [0.3, 0.4) is 0 Å². The number of quaternary nitrogens is 1. The van der Waals surface area contributed by atoms with E-state index in [1.165, 1.54) is 0 Å². The third kappa shape index (κ3) is 3.79. The first kappa shape index (κ1) is 8.24. The molecule has 0 saturated carbocycles. The average molecular weight is 127 g/mol. The van der Waals surface area contributed by atoms with Gasteiger partial charge in [0.25, 0.3) is 0 Å². The van der Waals surface area contributed by atoms with Crippen LogP contribution in [0.2, 0.25) is 0 Å². The standard InChI is InChI=1S/C7H14N2/c1-4-9(5-2)7-6-8-3/h4,6-8H,1,5H2,2-3H3/p+1. The molecule has 0 aliphatic rings. The highest BCUT2D eigenvalue weighted by atomic mass is 15.1. The largest absolute Gasteiger partial charge is 0.350 e. The molecular weight excluding hydrogens is 112 g/mol. The third-order valence-corrected chi connectivity index (χ3v) is 1.07. The molecule has 2 nitrogen and oxygen atoms in total. The van der Waals surface area contributed by atoms with Crippen LogP contribution in [-0.4, -0.2) is 18.5 Å². The lowest BCUT2D eigenvalue weighted by Crippen LogP contribution is -2.72. The van der Waals surface area contributed by atoms with Crippen molar-refractivity contribution in [3.8, 4) is 0 Å². The zero-order chi connectivity index (χ0) is 7.11. The van der Waals surface area contributed by atoms with E-state index in [1.54, 1.807) is 6.20 Å². The molecule has 0 aliphatic carbocycles. The molecule has 0 aromatic heterocycles. The molecule has 0 aromatic rings. The van der Waals surface area contributed by atoms with E-state index in [-0.39, 0.29) is 0 Å². The number of nitrogens with two attached hydrogens (primary N) is 1. The second-order valence-corrected chi connectivity index (χ2v) is 1.69. The monoisotopic (exact) mass is 127 g/mol. The van der Waals surface area contributed by atoms with E-state index in [1.807, 2.05) is 29.7 Å². The Morgan fingerprint density at radius 1 is 1.67 bits per heavy atom. The van der Waals surface area contributed by atoms with E-state index >= 15 is 0 Å². The van der Waals surface area contributed by atoms with Gasteiger partial charge >= 0.3 is 0 Å². The smallest absolute Gasteiger partial charge is 0.109 e. The van der Waals surface area contributed by atoms with Gasteiger partial charge in [-0.3, -0.25) is 0 Å². The third-order valence-electron chi connectivity index (χ3n) is 1.07. The van der Waals surface area contributed by atoms with E-state index < -0.39 is 0 Å². The summed E-state index contributed by atoms with van der Waals surface area (Å²) in [5, 5.41) is 1.99. The van der Waals surface area contributed by atoms with E-state index in [0.29, 0.717) is 0 Å². The lowest BCUT2D eigenvalue weighted by atomic mass is 10.6. The summed E-state index contributed by atoms with van der Waals surface area (Å²) in [6.45, 7) is 6.71. The molecule has 0 unspecified atom stereocenters. The van der Waals surface area contributed by atoms with E-state index in [9.17, 15) is 0 Å². The van der Waals surface area contributed by atoms with Gasteiger partial charge in [0.1, 0.15) is 6.20 Å². The van der Waals surface area contributed by atoms with Gasteiger partial charge in [0, 0.05) is 6.54 Å². The van der Waals surface area contributed by atoms with Crippen molar-refractivity contribution in [1.82, 2.24) is 4.90 Å². The summed E-state index contributed by atoms with van der Waals surface area (Å²) in [6.07, 6.45) is 5.79. The Balaban J connectivity index is 3.54. The van der Waals surface area contributed by atoms with Gasteiger partial charge in [-0.25, -0.2) is 0 Å². The Morgan fingerprint density at radius 2 is 2.33 bits per heavy atom. The summed E-state index contributed by atoms with van der Waals surface area (Å²) < 4.78 is 0. The minimum Gasteiger partial charge on any atom is -0.350 e. The Labute approximate surface area is 56.9 Å². The molecule has 0 saturated heterocycles. The number of hydrogen-bond donors (Lipinski definition) is 1. The molecule has 0 rings (SSSR count). The highest BCUT2D eigenvalue weighted by Crippen LogP contribution is 1.85. The second-order valence-electron chi connectivity index (χ2n) is 1.69. The second kappa shape index (κ2) is 5.38. The predicted molar refractivity (Wildman–Crippen MR) is 39.6 cm³/mol. The van der Waals surface area contributed by atoms with Crippen molar-refractivity contribution < 1.29 is 5.32 Å². The molecule has 0 amide bonds. The molecular formula is C7H15N2+. The Bertz CT molecular complexity index is 97.1. The first-order valence-electron chi connectivity index (χ1n) is 3.19. The summed E-state index contributed by atoms with van der Waals surface area (Å²) >= 11 is 0. The molecule has 9 heavy (non-hydrogen) atoms. The minimum absolute atomic E-state index is 0.980. The van der Waals surface area contributed by atoms with Crippen LogP contribution >= 0.6 is 0 Å². The normalized spacial score (nSPS) is 10.0. The fraction of sp³-hybridized carbons (Fsp3) is 0.429. The topological polar surface area (TPSA) is 19.9 Å². The molecule has 0 radical (unpaired) electrons. The van der Waals surface area contributed by atoms with E-state index in [4.69, 9.17) is 0 Å². The van der Waals surface area contributed by atoms with Crippen LogP contribution in [0.4, 0.5) is 0 Å². The number of rotatable bonds is 4. The zero-order valence-electron chi connectivity index (χ0n) is 6.17. The van der Waals surface area contributed by atoms with Crippen molar-refractivity contribution in [3.63, 3.8) is 0 Å². The first-order valence-corrected chi connectivity index (χ1v) is 3.19. The van der Waals surface area contributed by atoms with E-state index in [0.717, 1.165) is 6.54 Å².